The summed E-state index contributed by atoms with van der Waals surface area (Å²) < 4.78 is 6.12. The zero-order valence-electron chi connectivity index (χ0n) is 11.9. The third-order valence-corrected chi connectivity index (χ3v) is 2.82. The smallest absolute Gasteiger partial charge is 0.333 e. The molecule has 0 atom stereocenters. The summed E-state index contributed by atoms with van der Waals surface area (Å²) in [5.74, 6) is -0.271. The van der Waals surface area contributed by atoms with Gasteiger partial charge in [0, 0.05) is 5.57 Å². The van der Waals surface area contributed by atoms with Gasteiger partial charge in [0.1, 0.15) is 0 Å². The van der Waals surface area contributed by atoms with Crippen molar-refractivity contribution in [2.75, 3.05) is 33.8 Å². The summed E-state index contributed by atoms with van der Waals surface area (Å²) in [5.41, 5.74) is 0.478. The summed E-state index contributed by atoms with van der Waals surface area (Å²) in [6, 6.07) is 0. The van der Waals surface area contributed by atoms with E-state index in [2.05, 4.69) is 27.6 Å². The molecule has 0 aliphatic carbocycles. The molecule has 0 rings (SSSR count). The van der Waals surface area contributed by atoms with Gasteiger partial charge < -0.3 is 9.22 Å². The molecule has 0 bridgehead atoms. The number of rotatable bonds is 9. The van der Waals surface area contributed by atoms with Crippen LogP contribution < -0.4 is 0 Å². The first-order chi connectivity index (χ1) is 7.89. The average molecular weight is 242 g/mol. The molecular weight excluding hydrogens is 214 g/mol. The SMILES string of the molecule is C=C(C)C(=O)OCCCCC[N+](C)(C)CCC. The molecule has 0 saturated heterocycles. The lowest BCUT2D eigenvalue weighted by atomic mass is 10.2. The van der Waals surface area contributed by atoms with E-state index in [4.69, 9.17) is 4.74 Å². The maximum atomic E-state index is 11.1. The van der Waals surface area contributed by atoms with Gasteiger partial charge in [0.2, 0.25) is 0 Å². The summed E-state index contributed by atoms with van der Waals surface area (Å²) in [4.78, 5) is 11.1. The molecule has 0 aromatic heterocycles. The van der Waals surface area contributed by atoms with Gasteiger partial charge in [0.15, 0.2) is 0 Å². The number of carbonyl (C=O) groups excluding carboxylic acids is 1. The van der Waals surface area contributed by atoms with Crippen LogP contribution in [-0.2, 0) is 9.53 Å². The molecule has 0 fully saturated rings. The maximum Gasteiger partial charge on any atom is 0.333 e. The van der Waals surface area contributed by atoms with Gasteiger partial charge in [-0.05, 0) is 32.6 Å². The number of nitrogens with zero attached hydrogens (tertiary/aromatic N) is 1. The maximum absolute atomic E-state index is 11.1. The Balaban J connectivity index is 3.47. The zero-order chi connectivity index (χ0) is 13.3. The topological polar surface area (TPSA) is 26.3 Å². The highest BCUT2D eigenvalue weighted by atomic mass is 16.5. The third-order valence-electron chi connectivity index (χ3n) is 2.82. The van der Waals surface area contributed by atoms with Gasteiger partial charge in [-0.2, -0.15) is 0 Å². The number of hydrogen-bond acceptors (Lipinski definition) is 2. The predicted octanol–water partition coefficient (Wildman–Crippen LogP) is 2.76. The van der Waals surface area contributed by atoms with Crippen LogP contribution >= 0.6 is 0 Å². The van der Waals surface area contributed by atoms with Crippen molar-refractivity contribution in [1.82, 2.24) is 0 Å². The molecule has 3 heteroatoms. The highest BCUT2D eigenvalue weighted by Gasteiger charge is 2.12. The second-order valence-electron chi connectivity index (χ2n) is 5.36. The fourth-order valence-electron chi connectivity index (χ4n) is 1.82. The first kappa shape index (κ1) is 16.2. The normalized spacial score (nSPS) is 11.3. The van der Waals surface area contributed by atoms with Gasteiger partial charge in [-0.15, -0.1) is 0 Å². The molecule has 0 radical (unpaired) electrons. The Labute approximate surface area is 106 Å². The monoisotopic (exact) mass is 242 g/mol. The lowest BCUT2D eigenvalue weighted by molar-refractivity contribution is -0.890. The quantitative estimate of drug-likeness (QED) is 0.269. The molecule has 0 heterocycles. The van der Waals surface area contributed by atoms with Crippen LogP contribution in [0.3, 0.4) is 0 Å². The number of quaternary nitrogens is 1. The van der Waals surface area contributed by atoms with Crippen LogP contribution in [0.15, 0.2) is 12.2 Å². The molecule has 0 aliphatic heterocycles. The van der Waals surface area contributed by atoms with E-state index in [0.29, 0.717) is 12.2 Å². The molecule has 17 heavy (non-hydrogen) atoms. The van der Waals surface area contributed by atoms with Gasteiger partial charge in [-0.1, -0.05) is 13.5 Å². The third kappa shape index (κ3) is 8.93. The molecule has 100 valence electrons. The van der Waals surface area contributed by atoms with E-state index in [1.807, 2.05) is 0 Å². The van der Waals surface area contributed by atoms with Crippen LogP contribution in [0.2, 0.25) is 0 Å². The Morgan fingerprint density at radius 3 is 2.35 bits per heavy atom. The van der Waals surface area contributed by atoms with Crippen LogP contribution in [0.4, 0.5) is 0 Å². The minimum absolute atomic E-state index is 0.271. The summed E-state index contributed by atoms with van der Waals surface area (Å²) in [5, 5.41) is 0. The van der Waals surface area contributed by atoms with Crippen molar-refractivity contribution in [3.63, 3.8) is 0 Å². The number of esters is 1. The van der Waals surface area contributed by atoms with Crippen LogP contribution in [0, 0.1) is 0 Å². The molecule has 0 aliphatic rings. The highest BCUT2D eigenvalue weighted by molar-refractivity contribution is 5.86. The summed E-state index contributed by atoms with van der Waals surface area (Å²) in [7, 11) is 4.54. The Kier molecular flexibility index (Phi) is 7.88. The molecule has 0 unspecified atom stereocenters. The second-order valence-corrected chi connectivity index (χ2v) is 5.36. The van der Waals surface area contributed by atoms with Gasteiger partial charge >= 0.3 is 5.97 Å². The van der Waals surface area contributed by atoms with E-state index in [-0.39, 0.29) is 5.97 Å². The summed E-state index contributed by atoms with van der Waals surface area (Å²) in [6.45, 7) is 10.4. The van der Waals surface area contributed by atoms with Crippen molar-refractivity contribution in [2.24, 2.45) is 0 Å². The zero-order valence-corrected chi connectivity index (χ0v) is 11.9. The molecule has 0 spiro atoms. The fraction of sp³-hybridized carbons (Fsp3) is 0.786. The number of ether oxygens (including phenoxy) is 1. The Morgan fingerprint density at radius 2 is 1.82 bits per heavy atom. The fourth-order valence-corrected chi connectivity index (χ4v) is 1.82. The standard InChI is InChI=1S/C14H28NO2/c1-6-10-15(4,5)11-8-7-9-12-17-14(16)13(2)3/h2,6-12H2,1,3-5H3/q+1. The van der Waals surface area contributed by atoms with E-state index < -0.39 is 0 Å². The van der Waals surface area contributed by atoms with E-state index in [1.54, 1.807) is 6.92 Å². The van der Waals surface area contributed by atoms with E-state index in [9.17, 15) is 4.79 Å². The first-order valence-electron chi connectivity index (χ1n) is 6.53. The summed E-state index contributed by atoms with van der Waals surface area (Å²) in [6.07, 6.45) is 4.49. The molecule has 0 aromatic carbocycles. The number of carbonyl (C=O) groups is 1. The number of unbranched alkanes of at least 4 members (excludes halogenated alkanes) is 2. The van der Waals surface area contributed by atoms with E-state index >= 15 is 0 Å². The van der Waals surface area contributed by atoms with Crippen molar-refractivity contribution in [3.05, 3.63) is 12.2 Å². The minimum atomic E-state index is -0.271. The molecule has 0 saturated carbocycles. The molecule has 0 amide bonds. The molecule has 3 nitrogen and oxygen atoms in total. The molecule has 0 N–H and O–H groups in total. The van der Waals surface area contributed by atoms with E-state index in [1.165, 1.54) is 25.9 Å². The second kappa shape index (κ2) is 8.29. The van der Waals surface area contributed by atoms with Crippen LogP contribution in [0.5, 0.6) is 0 Å². The van der Waals surface area contributed by atoms with Gasteiger partial charge in [-0.25, -0.2) is 4.79 Å². The highest BCUT2D eigenvalue weighted by Crippen LogP contribution is 2.05. The lowest BCUT2D eigenvalue weighted by Crippen LogP contribution is -2.40. The Morgan fingerprint density at radius 1 is 1.18 bits per heavy atom. The largest absolute Gasteiger partial charge is 0.462 e. The minimum Gasteiger partial charge on any atom is -0.462 e. The van der Waals surface area contributed by atoms with Gasteiger partial charge in [0.05, 0.1) is 33.8 Å². The summed E-state index contributed by atoms with van der Waals surface area (Å²) >= 11 is 0. The van der Waals surface area contributed by atoms with E-state index in [0.717, 1.165) is 17.3 Å². The van der Waals surface area contributed by atoms with Crippen molar-refractivity contribution in [1.29, 1.82) is 0 Å². The van der Waals surface area contributed by atoms with Gasteiger partial charge in [0.25, 0.3) is 0 Å². The predicted molar refractivity (Wildman–Crippen MR) is 71.8 cm³/mol. The van der Waals surface area contributed by atoms with Gasteiger partial charge in [-0.3, -0.25) is 0 Å². The van der Waals surface area contributed by atoms with Crippen LogP contribution in [0.25, 0.3) is 0 Å². The number of hydrogen-bond donors (Lipinski definition) is 0. The molecule has 0 aromatic rings. The Bertz CT molecular complexity index is 247. The lowest BCUT2D eigenvalue weighted by Gasteiger charge is -2.29. The van der Waals surface area contributed by atoms with Crippen LogP contribution in [0.1, 0.15) is 39.5 Å². The Hall–Kier alpha value is -0.830. The molecular formula is C14H28NO2+. The van der Waals surface area contributed by atoms with Crippen molar-refractivity contribution >= 4 is 5.97 Å². The van der Waals surface area contributed by atoms with Crippen molar-refractivity contribution < 1.29 is 14.0 Å². The first-order valence-corrected chi connectivity index (χ1v) is 6.53. The average Bonchev–Trinajstić information content (AvgIpc) is 2.22. The van der Waals surface area contributed by atoms with Crippen molar-refractivity contribution in [3.8, 4) is 0 Å². The van der Waals surface area contributed by atoms with Crippen LogP contribution in [-0.4, -0.2) is 44.2 Å². The van der Waals surface area contributed by atoms with Crippen molar-refractivity contribution in [2.45, 2.75) is 39.5 Å².